The number of carbonyl (C=O) groups excluding carboxylic acids is 1. The Kier molecular flexibility index (Phi) is 8.23. The van der Waals surface area contributed by atoms with Gasteiger partial charge in [0.05, 0.1) is 12.7 Å². The second-order valence-corrected chi connectivity index (χ2v) is 12.6. The molecule has 1 spiro atoms. The number of hydrogen-bond donors (Lipinski definition) is 2. The quantitative estimate of drug-likeness (QED) is 0.493. The summed E-state index contributed by atoms with van der Waals surface area (Å²) in [4.78, 5) is 16.8. The van der Waals surface area contributed by atoms with Gasteiger partial charge in [-0.2, -0.15) is 0 Å². The molecule has 3 aromatic carbocycles. The van der Waals surface area contributed by atoms with Crippen LogP contribution in [0.4, 0.5) is 4.39 Å². The van der Waals surface area contributed by atoms with Crippen molar-refractivity contribution in [2.45, 2.75) is 23.8 Å². The van der Waals surface area contributed by atoms with Gasteiger partial charge in [0.1, 0.15) is 16.5 Å². The number of halogens is 1. The van der Waals surface area contributed by atoms with Gasteiger partial charge in [-0.1, -0.05) is 42.5 Å². The van der Waals surface area contributed by atoms with Crippen LogP contribution in [0, 0.1) is 11.2 Å². The molecule has 3 aromatic rings. The van der Waals surface area contributed by atoms with Crippen LogP contribution in [-0.4, -0.2) is 81.7 Å². The van der Waals surface area contributed by atoms with Gasteiger partial charge in [0, 0.05) is 43.7 Å². The van der Waals surface area contributed by atoms with Crippen molar-refractivity contribution >= 4 is 15.9 Å². The highest BCUT2D eigenvalue weighted by atomic mass is 32.2. The number of benzene rings is 3. The highest BCUT2D eigenvalue weighted by Crippen LogP contribution is 2.37. The van der Waals surface area contributed by atoms with Crippen molar-refractivity contribution in [3.63, 3.8) is 0 Å². The molecule has 2 N–H and O–H groups in total. The molecule has 212 valence electrons. The zero-order valence-electron chi connectivity index (χ0n) is 22.4. The third kappa shape index (κ3) is 6.36. The van der Waals surface area contributed by atoms with Crippen LogP contribution in [0.25, 0.3) is 11.1 Å². The molecule has 1 saturated heterocycles. The maximum atomic E-state index is 13.7. The average Bonchev–Trinajstić information content (AvgIpc) is 2.95. The molecular weight excluding hydrogens is 533 g/mol. The van der Waals surface area contributed by atoms with Gasteiger partial charge < -0.3 is 19.6 Å². The van der Waals surface area contributed by atoms with E-state index >= 15 is 0 Å². The molecule has 2 aliphatic heterocycles. The molecule has 1 amide bonds. The number of fused-ring (bicyclic) bond motifs is 1. The molecule has 2 aliphatic rings. The lowest BCUT2D eigenvalue weighted by Crippen LogP contribution is -2.51. The van der Waals surface area contributed by atoms with Crippen molar-refractivity contribution in [2.75, 3.05) is 46.4 Å². The predicted molar refractivity (Wildman–Crippen MR) is 150 cm³/mol. The van der Waals surface area contributed by atoms with Crippen LogP contribution in [0.5, 0.6) is 5.75 Å². The molecule has 1 unspecified atom stereocenters. The van der Waals surface area contributed by atoms with Gasteiger partial charge in [-0.15, -0.1) is 0 Å². The van der Waals surface area contributed by atoms with Gasteiger partial charge in [0.2, 0.25) is 10.0 Å². The van der Waals surface area contributed by atoms with Gasteiger partial charge in [0.15, 0.2) is 0 Å². The Morgan fingerprint density at radius 2 is 1.77 bits per heavy atom. The average molecular weight is 568 g/mol. The first-order valence-corrected chi connectivity index (χ1v) is 14.9. The number of nitrogens with zero attached hydrogens (tertiary/aromatic N) is 2. The largest absolute Gasteiger partial charge is 0.492 e. The van der Waals surface area contributed by atoms with Gasteiger partial charge in [-0.3, -0.25) is 4.79 Å². The van der Waals surface area contributed by atoms with Crippen LogP contribution >= 0.6 is 0 Å². The van der Waals surface area contributed by atoms with E-state index in [0.29, 0.717) is 38.0 Å². The lowest BCUT2D eigenvalue weighted by atomic mass is 9.78. The van der Waals surface area contributed by atoms with Crippen molar-refractivity contribution in [1.29, 1.82) is 0 Å². The maximum Gasteiger partial charge on any atom is 0.253 e. The predicted octanol–water partition coefficient (Wildman–Crippen LogP) is 3.38. The van der Waals surface area contributed by atoms with E-state index in [-0.39, 0.29) is 36.2 Å². The fraction of sp³-hybridized carbons (Fsp3) is 0.367. The molecule has 0 aromatic heterocycles. The molecule has 0 radical (unpaired) electrons. The Hall–Kier alpha value is -3.31. The fourth-order valence-electron chi connectivity index (χ4n) is 5.57. The van der Waals surface area contributed by atoms with Gasteiger partial charge >= 0.3 is 0 Å². The molecular formula is C30H34FN3O5S. The summed E-state index contributed by atoms with van der Waals surface area (Å²) < 4.78 is 49.1. The fourth-order valence-corrected chi connectivity index (χ4v) is 6.76. The Morgan fingerprint density at radius 3 is 2.50 bits per heavy atom. The van der Waals surface area contributed by atoms with E-state index in [1.165, 1.54) is 24.3 Å². The van der Waals surface area contributed by atoms with Crippen LogP contribution in [0.1, 0.15) is 23.2 Å². The van der Waals surface area contributed by atoms with Crippen LogP contribution in [0.3, 0.4) is 0 Å². The number of rotatable bonds is 2. The van der Waals surface area contributed by atoms with E-state index in [9.17, 15) is 22.7 Å². The van der Waals surface area contributed by atoms with Gasteiger partial charge in [-0.25, -0.2) is 17.5 Å². The first-order chi connectivity index (χ1) is 19.1. The number of sulfonamides is 1. The van der Waals surface area contributed by atoms with Crippen molar-refractivity contribution in [3.05, 3.63) is 84.2 Å². The summed E-state index contributed by atoms with van der Waals surface area (Å²) in [6, 6.07) is 20.4. The highest BCUT2D eigenvalue weighted by Gasteiger charge is 2.39. The minimum atomic E-state index is -3.95. The number of hydrogen-bond acceptors (Lipinski definition) is 6. The van der Waals surface area contributed by atoms with Crippen molar-refractivity contribution in [1.82, 2.24) is 14.5 Å². The van der Waals surface area contributed by atoms with Crippen molar-refractivity contribution < 1.29 is 27.4 Å². The molecule has 1 atom stereocenters. The van der Waals surface area contributed by atoms with Crippen molar-refractivity contribution in [3.8, 4) is 16.9 Å². The summed E-state index contributed by atoms with van der Waals surface area (Å²) in [6.45, 7) is 1.87. The summed E-state index contributed by atoms with van der Waals surface area (Å²) in [5.74, 6) is -0.434. The Labute approximate surface area is 234 Å². The summed E-state index contributed by atoms with van der Waals surface area (Å²) in [6.07, 6.45) is 0.305. The monoisotopic (exact) mass is 567 g/mol. The summed E-state index contributed by atoms with van der Waals surface area (Å²) in [5, 5.41) is 10.6. The number of carbonyl (C=O) groups is 1. The van der Waals surface area contributed by atoms with Crippen molar-refractivity contribution in [2.24, 2.45) is 5.41 Å². The van der Waals surface area contributed by atoms with Crippen LogP contribution in [0.2, 0.25) is 0 Å². The van der Waals surface area contributed by atoms with E-state index < -0.39 is 27.4 Å². The third-order valence-corrected chi connectivity index (χ3v) is 9.16. The highest BCUT2D eigenvalue weighted by molar-refractivity contribution is 7.89. The molecule has 0 saturated carbocycles. The number of amides is 1. The number of β-amino-alcohol motifs (C(OH)–C–C–N with tert-alkyl or cyclic N) is 1. The zero-order chi connectivity index (χ0) is 28.3. The smallest absolute Gasteiger partial charge is 0.253 e. The molecule has 5 rings (SSSR count). The standard InChI is InChI=1S/C30H34FN3O5S/c1-33-19-26(35)18-32-40(37,38)28-11-10-23(22-6-3-2-4-7-22)17-27(28)39-21-30(20-33)12-14-34(15-13-30)29(36)24-8-5-9-25(31)16-24/h2-11,16-17,26,32,35H,12-15,18-21H2,1H3. The maximum absolute atomic E-state index is 13.7. The molecule has 8 nitrogen and oxygen atoms in total. The van der Waals surface area contributed by atoms with E-state index in [4.69, 9.17) is 4.74 Å². The summed E-state index contributed by atoms with van der Waals surface area (Å²) in [7, 11) is -2.07. The first-order valence-electron chi connectivity index (χ1n) is 13.4. The lowest BCUT2D eigenvalue weighted by Gasteiger charge is -2.44. The normalized spacial score (nSPS) is 21.5. The number of aliphatic hydroxyl groups excluding tert-OH is 1. The minimum absolute atomic E-state index is 0.0159. The SMILES string of the molecule is CN1CC(O)CNS(=O)(=O)c2ccc(-c3ccccc3)cc2OCC2(CCN(C(=O)c3cccc(F)c3)CC2)C1. The molecule has 2 heterocycles. The molecule has 10 heteroatoms. The summed E-state index contributed by atoms with van der Waals surface area (Å²) >= 11 is 0. The molecule has 1 fully saturated rings. The number of ether oxygens (including phenoxy) is 1. The number of likely N-dealkylation sites (N-methyl/N-ethyl adjacent to an activating group) is 1. The van der Waals surface area contributed by atoms with E-state index in [0.717, 1.165) is 11.1 Å². The Bertz CT molecular complexity index is 1460. The number of aliphatic hydroxyl groups is 1. The van der Waals surface area contributed by atoms with Gasteiger partial charge in [-0.05, 0) is 61.3 Å². The second-order valence-electron chi connectivity index (χ2n) is 10.8. The van der Waals surface area contributed by atoms with Gasteiger partial charge in [0.25, 0.3) is 5.91 Å². The minimum Gasteiger partial charge on any atom is -0.492 e. The second kappa shape index (κ2) is 11.7. The van der Waals surface area contributed by atoms with E-state index in [1.54, 1.807) is 23.1 Å². The van der Waals surface area contributed by atoms with Crippen LogP contribution in [0.15, 0.2) is 77.7 Å². The van der Waals surface area contributed by atoms with E-state index in [2.05, 4.69) is 4.72 Å². The van der Waals surface area contributed by atoms with Crippen LogP contribution in [-0.2, 0) is 10.0 Å². The zero-order valence-corrected chi connectivity index (χ0v) is 23.2. The number of piperidine rings is 1. The number of likely N-dealkylation sites (tertiary alicyclic amines) is 1. The van der Waals surface area contributed by atoms with E-state index in [1.807, 2.05) is 42.3 Å². The number of nitrogens with one attached hydrogen (secondary N) is 1. The third-order valence-electron chi connectivity index (χ3n) is 7.69. The first kappa shape index (κ1) is 28.2. The molecule has 0 bridgehead atoms. The Morgan fingerprint density at radius 1 is 1.02 bits per heavy atom. The molecule has 40 heavy (non-hydrogen) atoms. The molecule has 0 aliphatic carbocycles. The Balaban J connectivity index is 1.44. The van der Waals surface area contributed by atoms with Crippen LogP contribution < -0.4 is 9.46 Å². The summed E-state index contributed by atoms with van der Waals surface area (Å²) in [5.41, 5.74) is 1.66. The lowest BCUT2D eigenvalue weighted by molar-refractivity contribution is 0.0159. The topological polar surface area (TPSA) is 99.2 Å².